The van der Waals surface area contributed by atoms with Crippen molar-refractivity contribution >= 4 is 23.1 Å². The fraction of sp³-hybridized carbons (Fsp3) is 0.429. The van der Waals surface area contributed by atoms with Crippen molar-refractivity contribution in [2.45, 2.75) is 26.8 Å². The van der Waals surface area contributed by atoms with Crippen LogP contribution in [0.25, 0.3) is 0 Å². The Morgan fingerprint density at radius 3 is 2.89 bits per heavy atom. The van der Waals surface area contributed by atoms with Crippen LogP contribution in [-0.4, -0.2) is 23.1 Å². The van der Waals surface area contributed by atoms with Crippen LogP contribution in [0.3, 0.4) is 0 Å². The third-order valence-electron chi connectivity index (χ3n) is 2.81. The van der Waals surface area contributed by atoms with Crippen molar-refractivity contribution in [3.8, 4) is 0 Å². The molecule has 2 aromatic rings. The van der Waals surface area contributed by atoms with E-state index in [1.54, 1.807) is 11.3 Å². The minimum Gasteiger partial charge on any atom is -0.354 e. The van der Waals surface area contributed by atoms with Crippen LogP contribution >= 0.6 is 11.3 Å². The third kappa shape index (κ3) is 3.92. The van der Waals surface area contributed by atoms with Crippen LogP contribution in [0.15, 0.2) is 29.8 Å². The number of nitrogens with one attached hydrogen (secondary N) is 1. The second kappa shape index (κ2) is 7.09. The summed E-state index contributed by atoms with van der Waals surface area (Å²) in [4.78, 5) is 12.4. The SMILES string of the molecule is CCCNc1nccc(N(CC)Cc2cccs2)n1. The summed E-state index contributed by atoms with van der Waals surface area (Å²) in [7, 11) is 0. The van der Waals surface area contributed by atoms with Crippen LogP contribution < -0.4 is 10.2 Å². The van der Waals surface area contributed by atoms with Gasteiger partial charge in [0.1, 0.15) is 5.82 Å². The molecule has 0 spiro atoms. The van der Waals surface area contributed by atoms with E-state index in [1.165, 1.54) is 4.88 Å². The summed E-state index contributed by atoms with van der Waals surface area (Å²) in [5.41, 5.74) is 0. The molecule has 2 heterocycles. The van der Waals surface area contributed by atoms with Gasteiger partial charge >= 0.3 is 0 Å². The molecule has 0 atom stereocenters. The van der Waals surface area contributed by atoms with Gasteiger partial charge in [-0.05, 0) is 30.9 Å². The molecule has 0 aliphatic heterocycles. The van der Waals surface area contributed by atoms with Crippen molar-refractivity contribution < 1.29 is 0 Å². The summed E-state index contributed by atoms with van der Waals surface area (Å²) >= 11 is 1.78. The summed E-state index contributed by atoms with van der Waals surface area (Å²) in [5, 5.41) is 5.33. The zero-order chi connectivity index (χ0) is 13.5. The van der Waals surface area contributed by atoms with Crippen LogP contribution in [0.2, 0.25) is 0 Å². The Hall–Kier alpha value is -1.62. The van der Waals surface area contributed by atoms with E-state index in [2.05, 4.69) is 51.5 Å². The number of nitrogens with zero attached hydrogens (tertiary/aromatic N) is 3. The highest BCUT2D eigenvalue weighted by Crippen LogP contribution is 2.18. The van der Waals surface area contributed by atoms with Crippen LogP contribution in [0, 0.1) is 0 Å². The Bertz CT molecular complexity index is 484. The number of anilines is 2. The molecule has 0 aliphatic carbocycles. The quantitative estimate of drug-likeness (QED) is 0.841. The Labute approximate surface area is 118 Å². The summed E-state index contributed by atoms with van der Waals surface area (Å²) in [6.45, 7) is 7.02. The lowest BCUT2D eigenvalue weighted by Crippen LogP contribution is -2.23. The van der Waals surface area contributed by atoms with Crippen LogP contribution in [0.4, 0.5) is 11.8 Å². The number of hydrogen-bond donors (Lipinski definition) is 1. The maximum atomic E-state index is 4.57. The Morgan fingerprint density at radius 1 is 1.32 bits per heavy atom. The predicted octanol–water partition coefficient (Wildman–Crippen LogP) is 3.39. The van der Waals surface area contributed by atoms with Gasteiger partial charge in [-0.3, -0.25) is 0 Å². The fourth-order valence-electron chi connectivity index (χ4n) is 1.79. The summed E-state index contributed by atoms with van der Waals surface area (Å²) in [6, 6.07) is 6.21. The van der Waals surface area contributed by atoms with Gasteiger partial charge in [-0.1, -0.05) is 13.0 Å². The fourth-order valence-corrected chi connectivity index (χ4v) is 2.51. The molecule has 0 aromatic carbocycles. The molecule has 102 valence electrons. The zero-order valence-electron chi connectivity index (χ0n) is 11.5. The van der Waals surface area contributed by atoms with Crippen molar-refractivity contribution in [2.24, 2.45) is 0 Å². The molecule has 0 fully saturated rings. The number of thiophene rings is 1. The van der Waals surface area contributed by atoms with Crippen molar-refractivity contribution in [1.29, 1.82) is 0 Å². The van der Waals surface area contributed by atoms with Gasteiger partial charge in [-0.15, -0.1) is 11.3 Å². The molecule has 2 rings (SSSR count). The lowest BCUT2D eigenvalue weighted by molar-refractivity contribution is 0.818. The first-order valence-corrected chi connectivity index (χ1v) is 7.55. The molecule has 19 heavy (non-hydrogen) atoms. The molecule has 1 N–H and O–H groups in total. The summed E-state index contributed by atoms with van der Waals surface area (Å²) in [5.74, 6) is 1.69. The maximum Gasteiger partial charge on any atom is 0.224 e. The summed E-state index contributed by atoms with van der Waals surface area (Å²) < 4.78 is 0. The lowest BCUT2D eigenvalue weighted by Gasteiger charge is -2.21. The first-order chi connectivity index (χ1) is 9.33. The molecular formula is C14H20N4S. The van der Waals surface area contributed by atoms with Crippen molar-refractivity contribution in [3.05, 3.63) is 34.7 Å². The maximum absolute atomic E-state index is 4.57. The van der Waals surface area contributed by atoms with Gasteiger partial charge < -0.3 is 10.2 Å². The van der Waals surface area contributed by atoms with Gasteiger partial charge in [0.15, 0.2) is 0 Å². The second-order valence-corrected chi connectivity index (χ2v) is 5.29. The molecular weight excluding hydrogens is 256 g/mol. The lowest BCUT2D eigenvalue weighted by atomic mass is 10.4. The van der Waals surface area contributed by atoms with Crippen molar-refractivity contribution in [3.63, 3.8) is 0 Å². The van der Waals surface area contributed by atoms with E-state index >= 15 is 0 Å². The average Bonchev–Trinajstić information content (AvgIpc) is 2.96. The van der Waals surface area contributed by atoms with Gasteiger partial charge in [0.2, 0.25) is 5.95 Å². The Morgan fingerprint density at radius 2 is 2.21 bits per heavy atom. The van der Waals surface area contributed by atoms with E-state index < -0.39 is 0 Å². The van der Waals surface area contributed by atoms with E-state index in [-0.39, 0.29) is 0 Å². The molecule has 0 unspecified atom stereocenters. The predicted molar refractivity (Wildman–Crippen MR) is 81.9 cm³/mol. The van der Waals surface area contributed by atoms with E-state index in [1.807, 2.05) is 12.3 Å². The standard InChI is InChI=1S/C14H20N4S/c1-3-8-15-14-16-9-7-13(17-14)18(4-2)11-12-6-5-10-19-12/h5-7,9-10H,3-4,8,11H2,1-2H3,(H,15,16,17). The van der Waals surface area contributed by atoms with E-state index in [9.17, 15) is 0 Å². The van der Waals surface area contributed by atoms with Gasteiger partial charge in [0.25, 0.3) is 0 Å². The van der Waals surface area contributed by atoms with Gasteiger partial charge in [0, 0.05) is 24.2 Å². The molecule has 0 radical (unpaired) electrons. The normalized spacial score (nSPS) is 10.4. The average molecular weight is 276 g/mol. The minimum atomic E-state index is 0.712. The summed E-state index contributed by atoms with van der Waals surface area (Å²) in [6.07, 6.45) is 2.89. The molecule has 2 aromatic heterocycles. The van der Waals surface area contributed by atoms with E-state index in [4.69, 9.17) is 0 Å². The molecule has 5 heteroatoms. The smallest absolute Gasteiger partial charge is 0.224 e. The molecule has 0 bridgehead atoms. The molecule has 0 saturated heterocycles. The highest BCUT2D eigenvalue weighted by Gasteiger charge is 2.08. The monoisotopic (exact) mass is 276 g/mol. The van der Waals surface area contributed by atoms with E-state index in [0.717, 1.165) is 31.9 Å². The third-order valence-corrected chi connectivity index (χ3v) is 3.67. The molecule has 0 aliphatic rings. The van der Waals surface area contributed by atoms with Gasteiger partial charge in [-0.2, -0.15) is 4.98 Å². The second-order valence-electron chi connectivity index (χ2n) is 4.26. The zero-order valence-corrected chi connectivity index (χ0v) is 12.3. The minimum absolute atomic E-state index is 0.712. The first kappa shape index (κ1) is 13.8. The highest BCUT2D eigenvalue weighted by atomic mass is 32.1. The molecule has 0 amide bonds. The number of hydrogen-bond acceptors (Lipinski definition) is 5. The van der Waals surface area contributed by atoms with E-state index in [0.29, 0.717) is 5.95 Å². The highest BCUT2D eigenvalue weighted by molar-refractivity contribution is 7.09. The van der Waals surface area contributed by atoms with Crippen LogP contribution in [0.1, 0.15) is 25.1 Å². The number of aromatic nitrogens is 2. The Kier molecular flexibility index (Phi) is 5.15. The van der Waals surface area contributed by atoms with Gasteiger partial charge in [-0.25, -0.2) is 4.98 Å². The van der Waals surface area contributed by atoms with Crippen molar-refractivity contribution in [2.75, 3.05) is 23.3 Å². The molecule has 0 saturated carbocycles. The topological polar surface area (TPSA) is 41.1 Å². The Balaban J connectivity index is 2.09. The van der Waals surface area contributed by atoms with Crippen molar-refractivity contribution in [1.82, 2.24) is 9.97 Å². The molecule has 4 nitrogen and oxygen atoms in total. The van der Waals surface area contributed by atoms with Crippen LogP contribution in [-0.2, 0) is 6.54 Å². The first-order valence-electron chi connectivity index (χ1n) is 6.67. The largest absolute Gasteiger partial charge is 0.354 e. The van der Waals surface area contributed by atoms with Gasteiger partial charge in [0.05, 0.1) is 6.54 Å². The van der Waals surface area contributed by atoms with Crippen LogP contribution in [0.5, 0.6) is 0 Å². The number of rotatable bonds is 7.